The zero-order chi connectivity index (χ0) is 16.4. The number of rotatable bonds is 4. The lowest BCUT2D eigenvalue weighted by Crippen LogP contribution is -2.40. The van der Waals surface area contributed by atoms with Crippen molar-refractivity contribution in [1.82, 2.24) is 14.8 Å². The molecule has 0 bridgehead atoms. The van der Waals surface area contributed by atoms with E-state index in [1.165, 1.54) is 23.5 Å². The number of likely N-dealkylation sites (tertiary alicyclic amines) is 1. The average molecular weight is 364 g/mol. The highest BCUT2D eigenvalue weighted by atomic mass is 32.1. The number of aromatic nitrogens is 1. The quantitative estimate of drug-likeness (QED) is 0.834. The molecule has 4 nitrogen and oxygen atoms in total. The molecule has 130 valence electrons. The summed E-state index contributed by atoms with van der Waals surface area (Å²) in [4.78, 5) is 11.3. The first-order valence-corrected chi connectivity index (χ1v) is 10.4. The fourth-order valence-electron chi connectivity index (χ4n) is 3.96. The summed E-state index contributed by atoms with van der Waals surface area (Å²) in [5.41, 5.74) is 1.50. The molecule has 2 aliphatic rings. The van der Waals surface area contributed by atoms with Gasteiger partial charge in [-0.15, -0.1) is 22.7 Å². The minimum Gasteiger partial charge on any atom is -0.379 e. The molecule has 0 N–H and O–H groups in total. The Bertz CT molecular complexity index is 657. The molecule has 0 aliphatic carbocycles. The number of hydrogen-bond acceptors (Lipinski definition) is 6. The lowest BCUT2D eigenvalue weighted by atomic mass is 9.87. The summed E-state index contributed by atoms with van der Waals surface area (Å²) in [6.45, 7) is 10.4. The molecular formula is C18H25N3OS2. The van der Waals surface area contributed by atoms with Gasteiger partial charge in [-0.05, 0) is 31.3 Å². The molecule has 0 radical (unpaired) electrons. The summed E-state index contributed by atoms with van der Waals surface area (Å²) in [7, 11) is 0. The van der Waals surface area contributed by atoms with Gasteiger partial charge >= 0.3 is 0 Å². The highest BCUT2D eigenvalue weighted by Crippen LogP contribution is 2.35. The van der Waals surface area contributed by atoms with E-state index in [1.54, 1.807) is 11.3 Å². The smallest absolute Gasteiger partial charge is 0.0897 e. The number of thiazole rings is 1. The molecule has 2 aliphatic heterocycles. The maximum Gasteiger partial charge on any atom is 0.0897 e. The van der Waals surface area contributed by atoms with Crippen LogP contribution in [0.1, 0.15) is 22.0 Å². The van der Waals surface area contributed by atoms with Gasteiger partial charge in [-0.25, -0.2) is 4.98 Å². The molecule has 4 heterocycles. The van der Waals surface area contributed by atoms with E-state index in [-0.39, 0.29) is 0 Å². The Morgan fingerprint density at radius 2 is 2.08 bits per heavy atom. The Kier molecular flexibility index (Phi) is 5.01. The highest BCUT2D eigenvalue weighted by Gasteiger charge is 2.41. The summed E-state index contributed by atoms with van der Waals surface area (Å²) in [5.74, 6) is 0. The van der Waals surface area contributed by atoms with Gasteiger partial charge in [0.05, 0.1) is 23.9 Å². The van der Waals surface area contributed by atoms with E-state index < -0.39 is 0 Å². The molecule has 0 aromatic carbocycles. The molecule has 1 spiro atoms. The van der Waals surface area contributed by atoms with E-state index in [2.05, 4.69) is 44.6 Å². The van der Waals surface area contributed by atoms with E-state index in [0.29, 0.717) is 5.41 Å². The molecule has 0 amide bonds. The minimum absolute atomic E-state index is 0.291. The van der Waals surface area contributed by atoms with Crippen molar-refractivity contribution in [3.05, 3.63) is 38.5 Å². The van der Waals surface area contributed by atoms with Crippen LogP contribution in [0.5, 0.6) is 0 Å². The van der Waals surface area contributed by atoms with E-state index in [0.717, 1.165) is 50.9 Å². The largest absolute Gasteiger partial charge is 0.379 e. The Hall–Kier alpha value is -0.790. The van der Waals surface area contributed by atoms with Crippen LogP contribution in [0.25, 0.3) is 0 Å². The van der Waals surface area contributed by atoms with Crippen LogP contribution in [-0.4, -0.2) is 54.2 Å². The predicted octanol–water partition coefficient (Wildman–Crippen LogP) is 3.24. The Labute approximate surface area is 152 Å². The van der Waals surface area contributed by atoms with Gasteiger partial charge in [-0.3, -0.25) is 9.80 Å². The molecule has 1 unspecified atom stereocenters. The molecule has 2 aromatic rings. The van der Waals surface area contributed by atoms with Gasteiger partial charge in [0, 0.05) is 48.4 Å². The third-order valence-electron chi connectivity index (χ3n) is 5.05. The summed E-state index contributed by atoms with van der Waals surface area (Å²) in [6.07, 6.45) is 1.24. The van der Waals surface area contributed by atoms with Crippen LogP contribution in [0, 0.1) is 12.3 Å². The van der Waals surface area contributed by atoms with Crippen LogP contribution in [0.4, 0.5) is 0 Å². The molecule has 2 fully saturated rings. The number of aryl methyl sites for hydroxylation is 1. The van der Waals surface area contributed by atoms with Gasteiger partial charge in [-0.2, -0.15) is 0 Å². The van der Waals surface area contributed by atoms with Crippen molar-refractivity contribution < 1.29 is 4.74 Å². The van der Waals surface area contributed by atoms with Gasteiger partial charge in [0.2, 0.25) is 0 Å². The zero-order valence-corrected chi connectivity index (χ0v) is 15.9. The Balaban J connectivity index is 1.40. The van der Waals surface area contributed by atoms with Crippen LogP contribution < -0.4 is 0 Å². The predicted molar refractivity (Wildman–Crippen MR) is 99.6 cm³/mol. The van der Waals surface area contributed by atoms with Gasteiger partial charge < -0.3 is 4.74 Å². The van der Waals surface area contributed by atoms with E-state index in [4.69, 9.17) is 4.74 Å². The van der Waals surface area contributed by atoms with E-state index >= 15 is 0 Å². The first-order chi connectivity index (χ1) is 11.7. The summed E-state index contributed by atoms with van der Waals surface area (Å²) in [6, 6.07) is 4.40. The normalized spacial score (nSPS) is 26.2. The van der Waals surface area contributed by atoms with Gasteiger partial charge in [0.1, 0.15) is 0 Å². The van der Waals surface area contributed by atoms with Crippen molar-refractivity contribution >= 4 is 22.7 Å². The van der Waals surface area contributed by atoms with E-state index in [1.807, 2.05) is 11.3 Å². The second-order valence-corrected chi connectivity index (χ2v) is 9.26. The number of thiophene rings is 1. The molecule has 24 heavy (non-hydrogen) atoms. The highest BCUT2D eigenvalue weighted by molar-refractivity contribution is 7.10. The maximum atomic E-state index is 6.01. The van der Waals surface area contributed by atoms with Gasteiger partial charge in [-0.1, -0.05) is 6.07 Å². The Morgan fingerprint density at radius 3 is 2.83 bits per heavy atom. The van der Waals surface area contributed by atoms with Crippen LogP contribution in [0.2, 0.25) is 0 Å². The van der Waals surface area contributed by atoms with Crippen molar-refractivity contribution in [2.24, 2.45) is 5.41 Å². The molecule has 1 atom stereocenters. The zero-order valence-electron chi connectivity index (χ0n) is 14.2. The Morgan fingerprint density at radius 1 is 1.21 bits per heavy atom. The minimum atomic E-state index is 0.291. The first kappa shape index (κ1) is 16.7. The van der Waals surface area contributed by atoms with Gasteiger partial charge in [0.15, 0.2) is 0 Å². The number of nitrogens with zero attached hydrogens (tertiary/aromatic N) is 3. The standard InChI is InChI=1S/C18H25N3OS2/c1-15-19-16(11-24-15)9-21-6-7-22-14-18(13-21)4-5-20(12-18)10-17-3-2-8-23-17/h2-3,8,11H,4-7,9-10,12-14H2,1H3. The molecule has 4 rings (SSSR count). The molecule has 2 saturated heterocycles. The molecule has 0 saturated carbocycles. The first-order valence-electron chi connectivity index (χ1n) is 8.67. The van der Waals surface area contributed by atoms with Crippen molar-refractivity contribution in [3.8, 4) is 0 Å². The lowest BCUT2D eigenvalue weighted by molar-refractivity contribution is 0.0707. The van der Waals surface area contributed by atoms with Gasteiger partial charge in [0.25, 0.3) is 0 Å². The fraction of sp³-hybridized carbons (Fsp3) is 0.611. The average Bonchev–Trinajstić information content (AvgIpc) is 3.25. The monoisotopic (exact) mass is 363 g/mol. The van der Waals surface area contributed by atoms with E-state index in [9.17, 15) is 0 Å². The van der Waals surface area contributed by atoms with Crippen molar-refractivity contribution in [1.29, 1.82) is 0 Å². The van der Waals surface area contributed by atoms with Crippen molar-refractivity contribution in [3.63, 3.8) is 0 Å². The summed E-state index contributed by atoms with van der Waals surface area (Å²) >= 11 is 3.61. The summed E-state index contributed by atoms with van der Waals surface area (Å²) < 4.78 is 6.01. The summed E-state index contributed by atoms with van der Waals surface area (Å²) in [5, 5.41) is 5.53. The van der Waals surface area contributed by atoms with Crippen LogP contribution in [0.15, 0.2) is 22.9 Å². The van der Waals surface area contributed by atoms with Crippen molar-refractivity contribution in [2.75, 3.05) is 39.4 Å². The lowest BCUT2D eigenvalue weighted by Gasteiger charge is -2.31. The fourth-order valence-corrected chi connectivity index (χ4v) is 5.31. The maximum absolute atomic E-state index is 6.01. The topological polar surface area (TPSA) is 28.6 Å². The third-order valence-corrected chi connectivity index (χ3v) is 6.73. The third kappa shape index (κ3) is 3.89. The SMILES string of the molecule is Cc1nc(CN2CCOCC3(CCN(Cc4cccs4)C3)C2)cs1. The van der Waals surface area contributed by atoms with Crippen LogP contribution in [0.3, 0.4) is 0 Å². The molecule has 2 aromatic heterocycles. The second-order valence-electron chi connectivity index (χ2n) is 7.16. The second kappa shape index (κ2) is 7.22. The molecule has 6 heteroatoms. The number of ether oxygens (including phenoxy) is 1. The van der Waals surface area contributed by atoms with Crippen LogP contribution in [-0.2, 0) is 17.8 Å². The number of hydrogen-bond donors (Lipinski definition) is 0. The van der Waals surface area contributed by atoms with Crippen molar-refractivity contribution in [2.45, 2.75) is 26.4 Å². The van der Waals surface area contributed by atoms with Crippen LogP contribution >= 0.6 is 22.7 Å². The molecular weight excluding hydrogens is 338 g/mol.